The molecule has 0 atom stereocenters. The molecule has 1 fully saturated rings. The molecule has 1 amide bonds. The van der Waals surface area contributed by atoms with E-state index >= 15 is 0 Å². The van der Waals surface area contributed by atoms with Crippen molar-refractivity contribution in [1.29, 1.82) is 0 Å². The predicted octanol–water partition coefficient (Wildman–Crippen LogP) is 4.12. The number of fused-ring (bicyclic) bond motifs is 1. The third-order valence-corrected chi connectivity index (χ3v) is 4.56. The zero-order chi connectivity index (χ0) is 15.9. The van der Waals surface area contributed by atoms with Crippen LogP contribution in [0.1, 0.15) is 48.9 Å². The largest absolute Gasteiger partial charge is 0.351 e. The molecule has 138 valence electrons. The van der Waals surface area contributed by atoms with E-state index in [0.29, 0.717) is 18.2 Å². The lowest BCUT2D eigenvalue weighted by Gasteiger charge is -2.16. The Hall–Kier alpha value is -1.36. The molecule has 1 aromatic carbocycles. The molecule has 4 nitrogen and oxygen atoms in total. The first-order valence-corrected chi connectivity index (χ1v) is 8.69. The van der Waals surface area contributed by atoms with Crippen LogP contribution in [0.3, 0.4) is 0 Å². The van der Waals surface area contributed by atoms with Gasteiger partial charge in [0.15, 0.2) is 0 Å². The van der Waals surface area contributed by atoms with E-state index in [0.717, 1.165) is 17.4 Å². The first-order valence-electron chi connectivity index (χ1n) is 8.69. The normalized spacial score (nSPS) is 14.9. The van der Waals surface area contributed by atoms with Crippen molar-refractivity contribution in [2.24, 2.45) is 0 Å². The number of nitrogens with zero attached hydrogens (tertiary/aromatic N) is 1. The fraction of sp³-hybridized carbons (Fsp3) is 0.474. The Morgan fingerprint density at radius 1 is 1.04 bits per heavy atom. The molecular formula is C19H27Cl2N3O. The number of carbonyl (C=O) groups excluding carboxylic acids is 1. The monoisotopic (exact) mass is 383 g/mol. The maximum Gasteiger partial charge on any atom is 0.251 e. The van der Waals surface area contributed by atoms with Crippen molar-refractivity contribution < 1.29 is 4.79 Å². The fourth-order valence-electron chi connectivity index (χ4n) is 3.25. The molecule has 3 rings (SSSR count). The van der Waals surface area contributed by atoms with E-state index in [1.807, 2.05) is 30.3 Å². The van der Waals surface area contributed by atoms with Gasteiger partial charge in [0.25, 0.3) is 5.91 Å². The Morgan fingerprint density at radius 2 is 1.80 bits per heavy atom. The van der Waals surface area contributed by atoms with Crippen LogP contribution in [0.2, 0.25) is 0 Å². The van der Waals surface area contributed by atoms with Crippen LogP contribution in [-0.4, -0.2) is 30.0 Å². The number of nitrogens with one attached hydrogen (secondary N) is 2. The highest BCUT2D eigenvalue weighted by Gasteiger charge is 2.11. The molecule has 0 radical (unpaired) electrons. The number of rotatable bonds is 5. The maximum atomic E-state index is 12.2. The van der Waals surface area contributed by atoms with Crippen LogP contribution < -0.4 is 10.6 Å². The van der Waals surface area contributed by atoms with E-state index in [9.17, 15) is 4.79 Å². The minimum absolute atomic E-state index is 0. The van der Waals surface area contributed by atoms with Gasteiger partial charge in [-0.2, -0.15) is 0 Å². The zero-order valence-electron chi connectivity index (χ0n) is 14.4. The number of hydrogen-bond acceptors (Lipinski definition) is 3. The van der Waals surface area contributed by atoms with Crippen molar-refractivity contribution in [3.63, 3.8) is 0 Å². The van der Waals surface area contributed by atoms with Gasteiger partial charge in [-0.3, -0.25) is 9.78 Å². The number of pyridine rings is 1. The minimum atomic E-state index is -0.0154. The van der Waals surface area contributed by atoms with Gasteiger partial charge < -0.3 is 10.6 Å². The molecule has 0 unspecified atom stereocenters. The van der Waals surface area contributed by atoms with E-state index < -0.39 is 0 Å². The number of halogens is 2. The van der Waals surface area contributed by atoms with Gasteiger partial charge in [-0.1, -0.05) is 31.7 Å². The van der Waals surface area contributed by atoms with Crippen LogP contribution in [0.4, 0.5) is 0 Å². The highest BCUT2D eigenvalue weighted by Crippen LogP contribution is 2.17. The van der Waals surface area contributed by atoms with Crippen molar-refractivity contribution >= 4 is 41.6 Å². The molecular weight excluding hydrogens is 357 g/mol. The Kier molecular flexibility index (Phi) is 9.79. The lowest BCUT2D eigenvalue weighted by molar-refractivity contribution is 0.0953. The highest BCUT2D eigenvalue weighted by molar-refractivity contribution is 5.97. The standard InChI is InChI=1S/C19H25N3O.2ClH/c23-19(16-9-10-18-15(14-16)6-5-11-21-18)22-13-12-20-17-7-3-1-2-4-8-17;;/h5-6,9-11,14,17,20H,1-4,7-8,12-13H2,(H,22,23);2*1H. The molecule has 6 heteroatoms. The van der Waals surface area contributed by atoms with E-state index in [-0.39, 0.29) is 30.7 Å². The third-order valence-electron chi connectivity index (χ3n) is 4.56. The third kappa shape index (κ3) is 6.46. The molecule has 25 heavy (non-hydrogen) atoms. The predicted molar refractivity (Wildman–Crippen MR) is 108 cm³/mol. The summed E-state index contributed by atoms with van der Waals surface area (Å²) in [5.41, 5.74) is 1.61. The molecule has 0 spiro atoms. The molecule has 1 aliphatic carbocycles. The number of carbonyl (C=O) groups is 1. The van der Waals surface area contributed by atoms with Crippen molar-refractivity contribution in [1.82, 2.24) is 15.6 Å². The Bertz CT molecular complexity index is 658. The summed E-state index contributed by atoms with van der Waals surface area (Å²) in [6.45, 7) is 1.51. The van der Waals surface area contributed by atoms with Gasteiger partial charge in [0, 0.05) is 36.3 Å². The molecule has 1 aromatic heterocycles. The van der Waals surface area contributed by atoms with Gasteiger partial charge in [-0.25, -0.2) is 0 Å². The molecule has 1 saturated carbocycles. The number of aromatic nitrogens is 1. The second-order valence-electron chi connectivity index (χ2n) is 6.31. The Labute approximate surface area is 162 Å². The molecule has 0 aliphatic heterocycles. The summed E-state index contributed by atoms with van der Waals surface area (Å²) in [5.74, 6) is -0.0154. The van der Waals surface area contributed by atoms with Crippen LogP contribution in [0, 0.1) is 0 Å². The van der Waals surface area contributed by atoms with Gasteiger partial charge in [0.2, 0.25) is 0 Å². The summed E-state index contributed by atoms with van der Waals surface area (Å²) in [6.07, 6.45) is 9.69. The van der Waals surface area contributed by atoms with Gasteiger partial charge >= 0.3 is 0 Å². The zero-order valence-corrected chi connectivity index (χ0v) is 16.0. The number of hydrogen-bond donors (Lipinski definition) is 2. The van der Waals surface area contributed by atoms with Gasteiger partial charge in [0.1, 0.15) is 0 Å². The van der Waals surface area contributed by atoms with Crippen molar-refractivity contribution in [2.45, 2.75) is 44.6 Å². The lowest BCUT2D eigenvalue weighted by Crippen LogP contribution is -2.36. The summed E-state index contributed by atoms with van der Waals surface area (Å²) in [7, 11) is 0. The van der Waals surface area contributed by atoms with E-state index in [2.05, 4.69) is 15.6 Å². The van der Waals surface area contributed by atoms with Gasteiger partial charge in [0.05, 0.1) is 5.52 Å². The molecule has 0 bridgehead atoms. The molecule has 1 heterocycles. The fourth-order valence-corrected chi connectivity index (χ4v) is 3.25. The van der Waals surface area contributed by atoms with Crippen LogP contribution in [-0.2, 0) is 0 Å². The topological polar surface area (TPSA) is 54.0 Å². The van der Waals surface area contributed by atoms with Crippen molar-refractivity contribution in [3.8, 4) is 0 Å². The average molecular weight is 384 g/mol. The molecule has 2 aromatic rings. The molecule has 2 N–H and O–H groups in total. The summed E-state index contributed by atoms with van der Waals surface area (Å²) in [6, 6.07) is 10.1. The SMILES string of the molecule is Cl.Cl.O=C(NCCNC1CCCCCC1)c1ccc2ncccc2c1. The first kappa shape index (κ1) is 21.7. The van der Waals surface area contributed by atoms with Crippen LogP contribution in [0.5, 0.6) is 0 Å². The second kappa shape index (κ2) is 11.3. The average Bonchev–Trinajstić information content (AvgIpc) is 2.87. The smallest absolute Gasteiger partial charge is 0.251 e. The highest BCUT2D eigenvalue weighted by atomic mass is 35.5. The first-order chi connectivity index (χ1) is 11.3. The quantitative estimate of drug-likeness (QED) is 0.602. The van der Waals surface area contributed by atoms with E-state index in [4.69, 9.17) is 0 Å². The van der Waals surface area contributed by atoms with Gasteiger partial charge in [-0.15, -0.1) is 24.8 Å². The maximum absolute atomic E-state index is 12.2. The van der Waals surface area contributed by atoms with Crippen LogP contribution in [0.15, 0.2) is 36.5 Å². The lowest BCUT2D eigenvalue weighted by atomic mass is 10.1. The van der Waals surface area contributed by atoms with Gasteiger partial charge in [-0.05, 0) is 37.1 Å². The second-order valence-corrected chi connectivity index (χ2v) is 6.31. The Morgan fingerprint density at radius 3 is 2.56 bits per heavy atom. The van der Waals surface area contributed by atoms with Crippen molar-refractivity contribution in [2.75, 3.05) is 13.1 Å². The van der Waals surface area contributed by atoms with E-state index in [1.165, 1.54) is 38.5 Å². The van der Waals surface area contributed by atoms with Crippen molar-refractivity contribution in [3.05, 3.63) is 42.1 Å². The molecule has 1 aliphatic rings. The van der Waals surface area contributed by atoms with E-state index in [1.54, 1.807) is 6.20 Å². The van der Waals surface area contributed by atoms with Crippen LogP contribution in [0.25, 0.3) is 10.9 Å². The van der Waals surface area contributed by atoms with Crippen LogP contribution >= 0.6 is 24.8 Å². The number of benzene rings is 1. The summed E-state index contributed by atoms with van der Waals surface area (Å²) >= 11 is 0. The molecule has 0 saturated heterocycles. The minimum Gasteiger partial charge on any atom is -0.351 e. The Balaban J connectivity index is 0.00000156. The summed E-state index contributed by atoms with van der Waals surface area (Å²) in [5, 5.41) is 7.57. The number of amides is 1. The summed E-state index contributed by atoms with van der Waals surface area (Å²) < 4.78 is 0. The summed E-state index contributed by atoms with van der Waals surface area (Å²) in [4.78, 5) is 16.5.